The number of esters is 1. The first-order chi connectivity index (χ1) is 12.3. The van der Waals surface area contributed by atoms with E-state index in [0.717, 1.165) is 30.0 Å². The molecule has 0 radical (unpaired) electrons. The Morgan fingerprint density at radius 2 is 1.81 bits per heavy atom. The predicted octanol–water partition coefficient (Wildman–Crippen LogP) is 5.60. The second-order valence-corrected chi connectivity index (χ2v) is 7.74. The molecule has 4 nitrogen and oxygen atoms in total. The third-order valence-corrected chi connectivity index (χ3v) is 4.12. The maximum Gasteiger partial charge on any atom is 0.306 e. The van der Waals surface area contributed by atoms with Gasteiger partial charge in [0.15, 0.2) is 0 Å². The summed E-state index contributed by atoms with van der Waals surface area (Å²) in [4.78, 5) is 18.4. The summed E-state index contributed by atoms with van der Waals surface area (Å²) < 4.78 is 5.06. The molecule has 0 fully saturated rings. The first-order valence-corrected chi connectivity index (χ1v) is 9.81. The Morgan fingerprint density at radius 1 is 1.19 bits per heavy atom. The van der Waals surface area contributed by atoms with E-state index in [1.165, 1.54) is 0 Å². The molecule has 0 unspecified atom stereocenters. The van der Waals surface area contributed by atoms with E-state index in [4.69, 9.17) is 17.0 Å². The number of hydrogen-bond acceptors (Lipinski definition) is 5. The molecule has 0 aromatic heterocycles. The number of carbonyl (C=O) groups is 1. The maximum atomic E-state index is 11.8. The molecule has 5 heteroatoms. The van der Waals surface area contributed by atoms with Crippen LogP contribution in [0.3, 0.4) is 0 Å². The fourth-order valence-electron chi connectivity index (χ4n) is 2.99. The van der Waals surface area contributed by atoms with E-state index in [1.807, 2.05) is 19.9 Å². The number of nitrogens with zero attached hydrogens (tertiary/aromatic N) is 2. The Bertz CT molecular complexity index is 627. The first kappa shape index (κ1) is 22.3. The van der Waals surface area contributed by atoms with E-state index >= 15 is 0 Å². The third kappa shape index (κ3) is 7.27. The molecule has 1 atom stereocenters. The van der Waals surface area contributed by atoms with Crippen molar-refractivity contribution in [3.63, 3.8) is 0 Å². The van der Waals surface area contributed by atoms with Crippen LogP contribution in [0.15, 0.2) is 23.2 Å². The molecule has 26 heavy (non-hydrogen) atoms. The number of ether oxygens (including phenoxy) is 1. The standard InChI is InChI=1S/C21H32N2O2S/c1-7-25-21(24)10-17(6)18-8-9-20(19(11-18)22-14-26)23(12-15(2)3)13-16(4)5/h8-9,11,15-17H,7,10,12-13H2,1-6H3/t17-/m1/s1. The van der Waals surface area contributed by atoms with E-state index in [2.05, 4.69) is 54.9 Å². The molecule has 1 aromatic rings. The molecular weight excluding hydrogens is 344 g/mol. The van der Waals surface area contributed by atoms with Gasteiger partial charge in [0.05, 0.1) is 29.6 Å². The number of thiocarbonyl (C=S) groups is 1. The summed E-state index contributed by atoms with van der Waals surface area (Å²) in [5.74, 6) is 0.969. The normalized spacial score (nSPS) is 12.0. The van der Waals surface area contributed by atoms with E-state index < -0.39 is 0 Å². The van der Waals surface area contributed by atoms with Crippen LogP contribution in [0.1, 0.15) is 59.4 Å². The molecule has 0 aliphatic rings. The van der Waals surface area contributed by atoms with Gasteiger partial charge in [0.2, 0.25) is 0 Å². The highest BCUT2D eigenvalue weighted by Crippen LogP contribution is 2.34. The molecule has 0 aliphatic heterocycles. The van der Waals surface area contributed by atoms with Gasteiger partial charge in [-0.3, -0.25) is 4.79 Å². The maximum absolute atomic E-state index is 11.8. The number of carbonyl (C=O) groups excluding carboxylic acids is 1. The van der Waals surface area contributed by atoms with Crippen molar-refractivity contribution in [1.29, 1.82) is 0 Å². The highest BCUT2D eigenvalue weighted by molar-refractivity contribution is 7.78. The first-order valence-electron chi connectivity index (χ1n) is 9.40. The van der Waals surface area contributed by atoms with Crippen LogP contribution < -0.4 is 4.90 Å². The van der Waals surface area contributed by atoms with Gasteiger partial charge < -0.3 is 9.64 Å². The number of hydrogen-bond donors (Lipinski definition) is 0. The number of aliphatic imine (C=N–C) groups is 1. The highest BCUT2D eigenvalue weighted by Gasteiger charge is 2.18. The molecule has 0 spiro atoms. The summed E-state index contributed by atoms with van der Waals surface area (Å²) in [7, 11) is 0. The molecule has 0 saturated heterocycles. The Kier molecular flexibility index (Phi) is 9.53. The molecular formula is C21H32N2O2S. The minimum atomic E-state index is -0.176. The van der Waals surface area contributed by atoms with E-state index in [0.29, 0.717) is 24.9 Å². The van der Waals surface area contributed by atoms with Gasteiger partial charge in [0.25, 0.3) is 0 Å². The minimum Gasteiger partial charge on any atom is -0.466 e. The Hall–Kier alpha value is -1.71. The highest BCUT2D eigenvalue weighted by atomic mass is 32.1. The third-order valence-electron chi connectivity index (χ3n) is 4.02. The lowest BCUT2D eigenvalue weighted by molar-refractivity contribution is -0.143. The topological polar surface area (TPSA) is 41.9 Å². The van der Waals surface area contributed by atoms with Crippen LogP contribution in [0.25, 0.3) is 0 Å². The zero-order chi connectivity index (χ0) is 19.7. The Balaban J connectivity index is 3.17. The largest absolute Gasteiger partial charge is 0.466 e. The Morgan fingerprint density at radius 3 is 2.31 bits per heavy atom. The van der Waals surface area contributed by atoms with Crippen LogP contribution in [0, 0.1) is 11.8 Å². The van der Waals surface area contributed by atoms with Gasteiger partial charge >= 0.3 is 5.97 Å². The van der Waals surface area contributed by atoms with Crippen LogP contribution in [0.4, 0.5) is 11.4 Å². The van der Waals surface area contributed by atoms with E-state index in [9.17, 15) is 4.79 Å². The van der Waals surface area contributed by atoms with Crippen molar-refractivity contribution < 1.29 is 9.53 Å². The number of isothiocyanates is 1. The van der Waals surface area contributed by atoms with Crippen molar-refractivity contribution in [3.8, 4) is 0 Å². The summed E-state index contributed by atoms with van der Waals surface area (Å²) in [6.45, 7) is 15.0. The summed E-state index contributed by atoms with van der Waals surface area (Å²) >= 11 is 4.86. The quantitative estimate of drug-likeness (QED) is 0.303. The van der Waals surface area contributed by atoms with Crippen molar-refractivity contribution in [3.05, 3.63) is 23.8 Å². The zero-order valence-electron chi connectivity index (χ0n) is 16.9. The van der Waals surface area contributed by atoms with E-state index in [-0.39, 0.29) is 11.9 Å². The van der Waals surface area contributed by atoms with Gasteiger partial charge in [-0.25, -0.2) is 0 Å². The summed E-state index contributed by atoms with van der Waals surface area (Å²) in [5.41, 5.74) is 2.94. The van der Waals surface area contributed by atoms with Crippen molar-refractivity contribution in [2.24, 2.45) is 16.8 Å². The van der Waals surface area contributed by atoms with Crippen LogP contribution in [0.2, 0.25) is 0 Å². The van der Waals surface area contributed by atoms with Crippen molar-refractivity contribution in [2.45, 2.75) is 53.9 Å². The molecule has 1 rings (SSSR count). The lowest BCUT2D eigenvalue weighted by atomic mass is 9.96. The van der Waals surface area contributed by atoms with Crippen molar-refractivity contribution in [1.82, 2.24) is 0 Å². The van der Waals surface area contributed by atoms with Crippen LogP contribution in [-0.4, -0.2) is 30.8 Å². The molecule has 0 heterocycles. The lowest BCUT2D eigenvalue weighted by Gasteiger charge is -2.30. The fourth-order valence-corrected chi connectivity index (χ4v) is 3.09. The molecule has 0 amide bonds. The fraction of sp³-hybridized carbons (Fsp3) is 0.619. The second-order valence-electron chi connectivity index (χ2n) is 7.55. The van der Waals surface area contributed by atoms with E-state index in [1.54, 1.807) is 0 Å². The summed E-state index contributed by atoms with van der Waals surface area (Å²) in [6.07, 6.45) is 0.357. The van der Waals surface area contributed by atoms with Crippen molar-refractivity contribution in [2.75, 3.05) is 24.6 Å². The average molecular weight is 377 g/mol. The molecule has 0 saturated carbocycles. The van der Waals surface area contributed by atoms with Gasteiger partial charge in [-0.1, -0.05) is 40.7 Å². The monoisotopic (exact) mass is 376 g/mol. The van der Waals surface area contributed by atoms with Crippen LogP contribution in [0.5, 0.6) is 0 Å². The van der Waals surface area contributed by atoms with Crippen LogP contribution in [-0.2, 0) is 9.53 Å². The second kappa shape index (κ2) is 11.1. The SMILES string of the molecule is CCOC(=O)C[C@@H](C)c1ccc(N(CC(C)C)CC(C)C)c(N=C=S)c1. The number of benzene rings is 1. The molecule has 0 N–H and O–H groups in total. The molecule has 144 valence electrons. The van der Waals surface area contributed by atoms with Gasteiger partial charge in [0, 0.05) is 13.1 Å². The minimum absolute atomic E-state index is 0.0609. The van der Waals surface area contributed by atoms with Gasteiger partial charge in [0.1, 0.15) is 0 Å². The number of anilines is 1. The smallest absolute Gasteiger partial charge is 0.306 e. The Labute approximate surface area is 163 Å². The molecule has 1 aromatic carbocycles. The van der Waals surface area contributed by atoms with Gasteiger partial charge in [-0.2, -0.15) is 4.99 Å². The van der Waals surface area contributed by atoms with Gasteiger partial charge in [-0.05, 0) is 54.6 Å². The molecule has 0 bridgehead atoms. The van der Waals surface area contributed by atoms with Gasteiger partial charge in [-0.15, -0.1) is 0 Å². The average Bonchev–Trinajstić information content (AvgIpc) is 2.53. The number of rotatable bonds is 10. The summed E-state index contributed by atoms with van der Waals surface area (Å²) in [6, 6.07) is 6.19. The van der Waals surface area contributed by atoms with Crippen LogP contribution >= 0.6 is 12.2 Å². The lowest BCUT2D eigenvalue weighted by Crippen LogP contribution is -2.31. The van der Waals surface area contributed by atoms with Crippen molar-refractivity contribution >= 4 is 34.7 Å². The molecule has 0 aliphatic carbocycles. The summed E-state index contributed by atoms with van der Waals surface area (Å²) in [5, 5.41) is 2.50. The zero-order valence-corrected chi connectivity index (χ0v) is 17.7. The predicted molar refractivity (Wildman–Crippen MR) is 113 cm³/mol.